The molecule has 0 bridgehead atoms. The smallest absolute Gasteiger partial charge is 0.123 e. The van der Waals surface area contributed by atoms with Crippen molar-refractivity contribution in [3.63, 3.8) is 0 Å². The monoisotopic (exact) mass is 255 g/mol. The van der Waals surface area contributed by atoms with Crippen LogP contribution in [0.3, 0.4) is 0 Å². The van der Waals surface area contributed by atoms with E-state index < -0.39 is 5.54 Å². The highest BCUT2D eigenvalue weighted by atomic mass is 35.5. The summed E-state index contributed by atoms with van der Waals surface area (Å²) in [6.07, 6.45) is 3.13. The Morgan fingerprint density at radius 3 is 2.76 bits per heavy atom. The van der Waals surface area contributed by atoms with Crippen LogP contribution in [-0.2, 0) is 5.54 Å². The quantitative estimate of drug-likeness (QED) is 0.804. The van der Waals surface area contributed by atoms with Crippen LogP contribution in [0.1, 0.15) is 38.7 Å². The summed E-state index contributed by atoms with van der Waals surface area (Å²) < 4.78 is 13.4. The Morgan fingerprint density at radius 1 is 1.35 bits per heavy atom. The van der Waals surface area contributed by atoms with E-state index in [0.29, 0.717) is 16.9 Å². The Labute approximate surface area is 107 Å². The predicted octanol–water partition coefficient (Wildman–Crippen LogP) is 4.09. The molecule has 1 fully saturated rings. The minimum absolute atomic E-state index is 0.264. The van der Waals surface area contributed by atoms with Gasteiger partial charge >= 0.3 is 0 Å². The molecule has 1 nitrogen and oxygen atoms in total. The molecule has 0 saturated heterocycles. The maximum absolute atomic E-state index is 13.4. The molecule has 17 heavy (non-hydrogen) atoms. The molecule has 1 saturated carbocycles. The molecule has 2 rings (SSSR count). The summed E-state index contributed by atoms with van der Waals surface area (Å²) in [6.45, 7) is 4.33. The van der Waals surface area contributed by atoms with Gasteiger partial charge in [-0.25, -0.2) is 4.39 Å². The van der Waals surface area contributed by atoms with Crippen molar-refractivity contribution < 1.29 is 4.39 Å². The fourth-order valence-corrected chi connectivity index (χ4v) is 3.20. The lowest BCUT2D eigenvalue weighted by Gasteiger charge is -2.43. The SMILES string of the molecule is CC1CCC(C)C(N)(c2cc(F)ccc2Cl)C1. The van der Waals surface area contributed by atoms with E-state index in [2.05, 4.69) is 13.8 Å². The molecule has 0 radical (unpaired) electrons. The van der Waals surface area contributed by atoms with Crippen LogP contribution in [0.2, 0.25) is 5.02 Å². The number of nitrogens with two attached hydrogens (primary N) is 1. The van der Waals surface area contributed by atoms with Crippen molar-refractivity contribution in [3.8, 4) is 0 Å². The molecule has 3 unspecified atom stereocenters. The molecule has 1 aliphatic carbocycles. The number of halogens is 2. The Hall–Kier alpha value is -0.600. The van der Waals surface area contributed by atoms with Gasteiger partial charge in [-0.2, -0.15) is 0 Å². The third-order valence-electron chi connectivity index (χ3n) is 4.09. The summed E-state index contributed by atoms with van der Waals surface area (Å²) in [5.74, 6) is 0.633. The molecule has 0 heterocycles. The lowest BCUT2D eigenvalue weighted by Crippen LogP contribution is -2.47. The second-order valence-electron chi connectivity index (χ2n) is 5.45. The highest BCUT2D eigenvalue weighted by molar-refractivity contribution is 6.31. The first-order chi connectivity index (χ1) is 7.93. The molecule has 94 valence electrons. The first-order valence-electron chi connectivity index (χ1n) is 6.18. The fourth-order valence-electron chi connectivity index (χ4n) is 2.90. The zero-order chi connectivity index (χ0) is 12.6. The second-order valence-corrected chi connectivity index (χ2v) is 5.86. The van der Waals surface area contributed by atoms with Gasteiger partial charge in [0.05, 0.1) is 0 Å². The number of hydrogen-bond donors (Lipinski definition) is 1. The van der Waals surface area contributed by atoms with Crippen LogP contribution >= 0.6 is 11.6 Å². The molecule has 1 aliphatic rings. The Bertz CT molecular complexity index is 421. The maximum atomic E-state index is 13.4. The topological polar surface area (TPSA) is 26.0 Å². The van der Waals surface area contributed by atoms with Gasteiger partial charge in [-0.05, 0) is 48.4 Å². The van der Waals surface area contributed by atoms with E-state index in [4.69, 9.17) is 17.3 Å². The van der Waals surface area contributed by atoms with E-state index in [1.165, 1.54) is 18.6 Å². The van der Waals surface area contributed by atoms with Crippen molar-refractivity contribution >= 4 is 11.6 Å². The Kier molecular flexibility index (Phi) is 3.46. The second kappa shape index (κ2) is 4.58. The van der Waals surface area contributed by atoms with Crippen molar-refractivity contribution in [2.24, 2.45) is 17.6 Å². The van der Waals surface area contributed by atoms with Gasteiger partial charge < -0.3 is 5.73 Å². The number of rotatable bonds is 1. The highest BCUT2D eigenvalue weighted by Crippen LogP contribution is 2.44. The van der Waals surface area contributed by atoms with Gasteiger partial charge in [0.25, 0.3) is 0 Å². The molecule has 3 heteroatoms. The average molecular weight is 256 g/mol. The van der Waals surface area contributed by atoms with Crippen molar-refractivity contribution in [2.45, 2.75) is 38.6 Å². The molecule has 1 aromatic rings. The molecule has 3 atom stereocenters. The van der Waals surface area contributed by atoms with Crippen molar-refractivity contribution in [2.75, 3.05) is 0 Å². The van der Waals surface area contributed by atoms with Gasteiger partial charge in [0, 0.05) is 10.6 Å². The third-order valence-corrected chi connectivity index (χ3v) is 4.42. The van der Waals surface area contributed by atoms with Gasteiger partial charge in [-0.15, -0.1) is 0 Å². The fraction of sp³-hybridized carbons (Fsp3) is 0.571. The lowest BCUT2D eigenvalue weighted by molar-refractivity contribution is 0.161. The van der Waals surface area contributed by atoms with Crippen LogP contribution < -0.4 is 5.73 Å². The average Bonchev–Trinajstić information content (AvgIpc) is 2.27. The summed E-state index contributed by atoms with van der Waals surface area (Å²) in [7, 11) is 0. The van der Waals surface area contributed by atoms with Gasteiger partial charge in [-0.3, -0.25) is 0 Å². The van der Waals surface area contributed by atoms with E-state index >= 15 is 0 Å². The van der Waals surface area contributed by atoms with Crippen molar-refractivity contribution in [3.05, 3.63) is 34.6 Å². The van der Waals surface area contributed by atoms with E-state index in [1.807, 2.05) is 0 Å². The predicted molar refractivity (Wildman–Crippen MR) is 69.5 cm³/mol. The van der Waals surface area contributed by atoms with E-state index in [9.17, 15) is 4.39 Å². The number of hydrogen-bond acceptors (Lipinski definition) is 1. The number of benzene rings is 1. The summed E-state index contributed by atoms with van der Waals surface area (Å²) in [5, 5.41) is 0.579. The van der Waals surface area contributed by atoms with Crippen molar-refractivity contribution in [1.29, 1.82) is 0 Å². The summed E-state index contributed by atoms with van der Waals surface area (Å²) >= 11 is 6.19. The molecular weight excluding hydrogens is 237 g/mol. The van der Waals surface area contributed by atoms with Gasteiger partial charge in [-0.1, -0.05) is 31.9 Å². The molecule has 1 aromatic carbocycles. The summed E-state index contributed by atoms with van der Waals surface area (Å²) in [6, 6.07) is 4.48. The van der Waals surface area contributed by atoms with Gasteiger partial charge in [0.15, 0.2) is 0 Å². The van der Waals surface area contributed by atoms with Gasteiger partial charge in [0.1, 0.15) is 5.82 Å². The van der Waals surface area contributed by atoms with Gasteiger partial charge in [0.2, 0.25) is 0 Å². The standard InChI is InChI=1S/C14H19ClFN/c1-9-3-4-10(2)14(17,8-9)12-7-11(16)5-6-13(12)15/h5-7,9-10H,3-4,8,17H2,1-2H3. The zero-order valence-corrected chi connectivity index (χ0v) is 11.1. The molecule has 0 aliphatic heterocycles. The van der Waals surface area contributed by atoms with Crippen LogP contribution in [0, 0.1) is 17.7 Å². The van der Waals surface area contributed by atoms with E-state index in [-0.39, 0.29) is 5.82 Å². The molecular formula is C14H19ClFN. The van der Waals surface area contributed by atoms with Crippen molar-refractivity contribution in [1.82, 2.24) is 0 Å². The first kappa shape index (κ1) is 12.8. The maximum Gasteiger partial charge on any atom is 0.123 e. The molecule has 2 N–H and O–H groups in total. The summed E-state index contributed by atoms with van der Waals surface area (Å²) in [4.78, 5) is 0. The van der Waals surface area contributed by atoms with Crippen LogP contribution in [0.15, 0.2) is 18.2 Å². The van der Waals surface area contributed by atoms with Crippen LogP contribution in [0.25, 0.3) is 0 Å². The first-order valence-corrected chi connectivity index (χ1v) is 6.55. The summed E-state index contributed by atoms with van der Waals surface area (Å²) in [5.41, 5.74) is 6.81. The highest BCUT2D eigenvalue weighted by Gasteiger charge is 2.40. The lowest BCUT2D eigenvalue weighted by atomic mass is 9.67. The Morgan fingerprint density at radius 2 is 2.06 bits per heavy atom. The minimum atomic E-state index is -0.489. The third kappa shape index (κ3) is 2.34. The largest absolute Gasteiger partial charge is 0.321 e. The van der Waals surface area contributed by atoms with E-state index in [0.717, 1.165) is 18.4 Å². The zero-order valence-electron chi connectivity index (χ0n) is 10.3. The van der Waals surface area contributed by atoms with Crippen LogP contribution in [0.5, 0.6) is 0 Å². The molecule has 0 spiro atoms. The normalized spacial score (nSPS) is 33.7. The molecule has 0 aromatic heterocycles. The van der Waals surface area contributed by atoms with Crippen LogP contribution in [0.4, 0.5) is 4.39 Å². The van der Waals surface area contributed by atoms with E-state index in [1.54, 1.807) is 6.07 Å². The Balaban J connectivity index is 2.45. The van der Waals surface area contributed by atoms with Crippen LogP contribution in [-0.4, -0.2) is 0 Å². The minimum Gasteiger partial charge on any atom is -0.321 e. The molecule has 0 amide bonds.